The summed E-state index contributed by atoms with van der Waals surface area (Å²) in [6, 6.07) is 1.88. The third-order valence-electron chi connectivity index (χ3n) is 2.29. The first-order valence-electron chi connectivity index (χ1n) is 4.98. The molecule has 0 saturated carbocycles. The van der Waals surface area contributed by atoms with Crippen LogP contribution in [0.2, 0.25) is 0 Å². The molecule has 0 aromatic carbocycles. The minimum atomic E-state index is -4.50. The van der Waals surface area contributed by atoms with Crippen LogP contribution in [0, 0.1) is 11.3 Å². The molecule has 1 aliphatic heterocycles. The molecule has 1 rings (SSSR count). The molecule has 0 aromatic rings. The molecule has 0 atom stereocenters. The number of ether oxygens (including phenoxy) is 1. The van der Waals surface area contributed by atoms with Crippen molar-refractivity contribution in [3.8, 4) is 6.07 Å². The first kappa shape index (κ1) is 13.4. The van der Waals surface area contributed by atoms with Gasteiger partial charge in [-0.15, -0.1) is 0 Å². The molecule has 0 aromatic heterocycles. The van der Waals surface area contributed by atoms with Gasteiger partial charge >= 0.3 is 12.3 Å². The van der Waals surface area contributed by atoms with Crippen molar-refractivity contribution in [2.75, 3.05) is 19.7 Å². The van der Waals surface area contributed by atoms with Gasteiger partial charge in [0.1, 0.15) is 0 Å². The Bertz CT molecular complexity index is 348. The van der Waals surface area contributed by atoms with Crippen LogP contribution in [0.25, 0.3) is 0 Å². The van der Waals surface area contributed by atoms with Gasteiger partial charge in [0, 0.05) is 19.2 Å². The Morgan fingerprint density at radius 1 is 1.47 bits per heavy atom. The van der Waals surface area contributed by atoms with Gasteiger partial charge in [-0.3, -0.25) is 0 Å². The second kappa shape index (κ2) is 5.57. The zero-order valence-corrected chi connectivity index (χ0v) is 8.96. The largest absolute Gasteiger partial charge is 0.440 e. The maximum Gasteiger partial charge on any atom is 0.422 e. The highest BCUT2D eigenvalue weighted by atomic mass is 19.4. The molecule has 1 fully saturated rings. The Hall–Kier alpha value is -1.71. The predicted octanol–water partition coefficient (Wildman–Crippen LogP) is 2.23. The van der Waals surface area contributed by atoms with Crippen LogP contribution in [0.15, 0.2) is 11.6 Å². The lowest BCUT2D eigenvalue weighted by Crippen LogP contribution is -2.38. The number of hydrogen-bond acceptors (Lipinski definition) is 3. The molecule has 1 saturated heterocycles. The van der Waals surface area contributed by atoms with E-state index in [9.17, 15) is 18.0 Å². The number of hydrogen-bond donors (Lipinski definition) is 0. The lowest BCUT2D eigenvalue weighted by molar-refractivity contribution is -0.162. The number of likely N-dealkylation sites (tertiary alicyclic amines) is 1. The summed E-state index contributed by atoms with van der Waals surface area (Å²) in [6.07, 6.45) is -3.07. The molecular formula is C10H11F3N2O2. The number of amides is 1. The molecule has 0 spiro atoms. The molecular weight excluding hydrogens is 237 g/mol. The molecule has 17 heavy (non-hydrogen) atoms. The summed E-state index contributed by atoms with van der Waals surface area (Å²) < 4.78 is 39.5. The van der Waals surface area contributed by atoms with E-state index in [1.165, 1.54) is 11.0 Å². The third-order valence-corrected chi connectivity index (χ3v) is 2.29. The molecule has 1 aliphatic rings. The van der Waals surface area contributed by atoms with Gasteiger partial charge in [-0.2, -0.15) is 18.4 Å². The molecule has 0 radical (unpaired) electrons. The van der Waals surface area contributed by atoms with E-state index in [1.54, 1.807) is 0 Å². The summed E-state index contributed by atoms with van der Waals surface area (Å²) in [5.41, 5.74) is 0.896. The fourth-order valence-corrected chi connectivity index (χ4v) is 1.45. The number of allylic oxidation sites excluding steroid dienone is 1. The molecule has 0 unspecified atom stereocenters. The number of piperidine rings is 1. The summed E-state index contributed by atoms with van der Waals surface area (Å²) in [7, 11) is 0. The van der Waals surface area contributed by atoms with Crippen molar-refractivity contribution in [2.24, 2.45) is 0 Å². The Balaban J connectivity index is 2.37. The lowest BCUT2D eigenvalue weighted by atomic mass is 10.0. The molecule has 4 nitrogen and oxygen atoms in total. The van der Waals surface area contributed by atoms with Crippen molar-refractivity contribution in [2.45, 2.75) is 19.0 Å². The van der Waals surface area contributed by atoms with E-state index in [2.05, 4.69) is 4.74 Å². The van der Waals surface area contributed by atoms with Crippen molar-refractivity contribution in [3.63, 3.8) is 0 Å². The normalized spacial score (nSPS) is 16.4. The van der Waals surface area contributed by atoms with Crippen LogP contribution < -0.4 is 0 Å². The van der Waals surface area contributed by atoms with Crippen molar-refractivity contribution in [1.82, 2.24) is 4.90 Å². The molecule has 0 aliphatic carbocycles. The monoisotopic (exact) mass is 248 g/mol. The number of alkyl halides is 3. The minimum Gasteiger partial charge on any atom is -0.440 e. The molecule has 7 heteroatoms. The van der Waals surface area contributed by atoms with Crippen LogP contribution in [-0.4, -0.2) is 36.9 Å². The number of nitrogens with zero attached hydrogens (tertiary/aromatic N) is 2. The minimum absolute atomic E-state index is 0.282. The van der Waals surface area contributed by atoms with Crippen molar-refractivity contribution < 1.29 is 22.7 Å². The lowest BCUT2D eigenvalue weighted by Gasteiger charge is -2.27. The molecule has 1 heterocycles. The molecule has 0 N–H and O–H groups in total. The van der Waals surface area contributed by atoms with Crippen LogP contribution in [0.4, 0.5) is 18.0 Å². The molecule has 0 bridgehead atoms. The summed E-state index contributed by atoms with van der Waals surface area (Å²) in [5.74, 6) is 0. The van der Waals surface area contributed by atoms with Gasteiger partial charge in [-0.25, -0.2) is 4.79 Å². The van der Waals surface area contributed by atoms with E-state index in [-0.39, 0.29) is 13.1 Å². The quantitative estimate of drug-likeness (QED) is 0.668. The maximum absolute atomic E-state index is 11.8. The van der Waals surface area contributed by atoms with E-state index in [0.717, 1.165) is 5.57 Å². The van der Waals surface area contributed by atoms with E-state index >= 15 is 0 Å². The van der Waals surface area contributed by atoms with Crippen molar-refractivity contribution >= 4 is 6.09 Å². The highest BCUT2D eigenvalue weighted by molar-refractivity contribution is 5.67. The van der Waals surface area contributed by atoms with Gasteiger partial charge in [0.15, 0.2) is 6.61 Å². The number of nitriles is 1. The topological polar surface area (TPSA) is 53.3 Å². The predicted molar refractivity (Wildman–Crippen MR) is 51.9 cm³/mol. The Labute approximate surface area is 96.3 Å². The average molecular weight is 248 g/mol. The van der Waals surface area contributed by atoms with Gasteiger partial charge in [0.05, 0.1) is 6.07 Å². The van der Waals surface area contributed by atoms with Gasteiger partial charge in [0.25, 0.3) is 0 Å². The first-order chi connectivity index (χ1) is 7.92. The summed E-state index contributed by atoms with van der Waals surface area (Å²) >= 11 is 0. The SMILES string of the molecule is N#CC=C1CCN(C(=O)OCC(F)(F)F)CC1. The van der Waals surface area contributed by atoms with E-state index in [1.807, 2.05) is 6.07 Å². The highest BCUT2D eigenvalue weighted by Gasteiger charge is 2.31. The fraction of sp³-hybridized carbons (Fsp3) is 0.600. The van der Waals surface area contributed by atoms with Gasteiger partial charge in [-0.1, -0.05) is 5.57 Å². The van der Waals surface area contributed by atoms with Gasteiger partial charge in [0.2, 0.25) is 0 Å². The standard InChI is InChI=1S/C10H11F3N2O2/c11-10(12,13)7-17-9(16)15-5-2-8(1-4-14)3-6-15/h1H,2-3,5-7H2. The van der Waals surface area contributed by atoms with Crippen molar-refractivity contribution in [1.29, 1.82) is 5.26 Å². The van der Waals surface area contributed by atoms with Gasteiger partial charge < -0.3 is 9.64 Å². The van der Waals surface area contributed by atoms with Crippen molar-refractivity contribution in [3.05, 3.63) is 11.6 Å². The van der Waals surface area contributed by atoms with Crippen LogP contribution >= 0.6 is 0 Å². The second-order valence-electron chi connectivity index (χ2n) is 3.59. The zero-order chi connectivity index (χ0) is 12.9. The second-order valence-corrected chi connectivity index (χ2v) is 3.59. The Morgan fingerprint density at radius 2 is 2.06 bits per heavy atom. The van der Waals surface area contributed by atoms with Crippen LogP contribution in [0.5, 0.6) is 0 Å². The van der Waals surface area contributed by atoms with Crippen LogP contribution in [-0.2, 0) is 4.74 Å². The zero-order valence-electron chi connectivity index (χ0n) is 8.96. The molecule has 1 amide bonds. The number of rotatable bonds is 1. The van der Waals surface area contributed by atoms with Crippen LogP contribution in [0.3, 0.4) is 0 Å². The third kappa shape index (κ3) is 4.76. The van der Waals surface area contributed by atoms with Crippen LogP contribution in [0.1, 0.15) is 12.8 Å². The Kier molecular flexibility index (Phi) is 4.37. The maximum atomic E-state index is 11.8. The number of carbonyl (C=O) groups is 1. The summed E-state index contributed by atoms with van der Waals surface area (Å²) in [6.45, 7) is -1.00. The summed E-state index contributed by atoms with van der Waals surface area (Å²) in [5, 5.41) is 8.41. The highest BCUT2D eigenvalue weighted by Crippen LogP contribution is 2.18. The smallest absolute Gasteiger partial charge is 0.422 e. The van der Waals surface area contributed by atoms with E-state index in [0.29, 0.717) is 12.8 Å². The first-order valence-corrected chi connectivity index (χ1v) is 4.98. The van der Waals surface area contributed by atoms with E-state index < -0.39 is 18.9 Å². The average Bonchev–Trinajstić information content (AvgIpc) is 2.26. The Morgan fingerprint density at radius 3 is 2.53 bits per heavy atom. The number of halogens is 3. The fourth-order valence-electron chi connectivity index (χ4n) is 1.45. The summed E-state index contributed by atoms with van der Waals surface area (Å²) in [4.78, 5) is 12.4. The number of carbonyl (C=O) groups excluding carboxylic acids is 1. The van der Waals surface area contributed by atoms with E-state index in [4.69, 9.17) is 5.26 Å². The van der Waals surface area contributed by atoms with Gasteiger partial charge in [-0.05, 0) is 12.8 Å². The molecule has 94 valence electrons.